The van der Waals surface area contributed by atoms with Crippen molar-refractivity contribution in [2.45, 2.75) is 25.6 Å². The molecule has 0 bridgehead atoms. The van der Waals surface area contributed by atoms with Gasteiger partial charge in [0.2, 0.25) is 0 Å². The van der Waals surface area contributed by atoms with E-state index in [1.165, 1.54) is 0 Å². The van der Waals surface area contributed by atoms with Gasteiger partial charge in [-0.25, -0.2) is 0 Å². The van der Waals surface area contributed by atoms with Crippen LogP contribution in [0.2, 0.25) is 0 Å². The first-order valence-corrected chi connectivity index (χ1v) is 7.64. The Bertz CT molecular complexity index is 690. The van der Waals surface area contributed by atoms with E-state index in [1.54, 1.807) is 25.2 Å². The van der Waals surface area contributed by atoms with Crippen LogP contribution in [0.4, 0.5) is 0 Å². The molecule has 1 aromatic rings. The van der Waals surface area contributed by atoms with Gasteiger partial charge >= 0.3 is 0 Å². The number of nitrogens with one attached hydrogen (secondary N) is 1. The average Bonchev–Trinajstić information content (AvgIpc) is 2.99. The Labute approximate surface area is 135 Å². The summed E-state index contributed by atoms with van der Waals surface area (Å²) in [7, 11) is 0. The van der Waals surface area contributed by atoms with Crippen molar-refractivity contribution in [3.8, 4) is 0 Å². The monoisotopic (exact) mass is 314 g/mol. The van der Waals surface area contributed by atoms with Crippen LogP contribution in [0.5, 0.6) is 0 Å². The van der Waals surface area contributed by atoms with Crippen LogP contribution in [0, 0.1) is 0 Å². The number of aromatic nitrogens is 2. The lowest BCUT2D eigenvalue weighted by atomic mass is 10.0. The molecule has 0 spiro atoms. The molecule has 0 amide bonds. The van der Waals surface area contributed by atoms with E-state index < -0.39 is 0 Å². The van der Waals surface area contributed by atoms with Gasteiger partial charge < -0.3 is 0 Å². The third-order valence-electron chi connectivity index (χ3n) is 3.28. The van der Waals surface area contributed by atoms with Crippen molar-refractivity contribution < 1.29 is 4.79 Å². The Kier molecular flexibility index (Phi) is 5.73. The fourth-order valence-corrected chi connectivity index (χ4v) is 2.14. The molecule has 1 aliphatic rings. The van der Waals surface area contributed by atoms with Gasteiger partial charge in [0.25, 0.3) is 0 Å². The number of hydrogen-bond donors (Lipinski definition) is 1. The highest BCUT2D eigenvalue weighted by atomic mass is 35.5. The van der Waals surface area contributed by atoms with E-state index in [9.17, 15) is 4.79 Å². The van der Waals surface area contributed by atoms with Crippen LogP contribution in [-0.4, -0.2) is 21.4 Å². The molecule has 3 nitrogen and oxygen atoms in total. The Morgan fingerprint density at radius 2 is 2.32 bits per heavy atom. The molecule has 0 aliphatic heterocycles. The number of aromatic amines is 1. The highest BCUT2D eigenvalue weighted by molar-refractivity contribution is 6.22. The summed E-state index contributed by atoms with van der Waals surface area (Å²) in [6.07, 6.45) is 15.6. The molecular weight excluding hydrogens is 296 g/mol. The number of H-pyrrole nitrogens is 1. The maximum atomic E-state index is 11.9. The number of allylic oxidation sites excluding steroid dienone is 9. The van der Waals surface area contributed by atoms with E-state index in [4.69, 9.17) is 11.6 Å². The highest BCUT2D eigenvalue weighted by Crippen LogP contribution is 2.22. The van der Waals surface area contributed by atoms with Crippen molar-refractivity contribution in [1.29, 1.82) is 0 Å². The number of halogens is 1. The third-order valence-corrected chi connectivity index (χ3v) is 3.61. The second kappa shape index (κ2) is 7.76. The smallest absolute Gasteiger partial charge is 0.181 e. The zero-order chi connectivity index (χ0) is 15.9. The first-order chi connectivity index (χ1) is 10.6. The summed E-state index contributed by atoms with van der Waals surface area (Å²) in [6.45, 7) is 3.71. The topological polar surface area (TPSA) is 45.8 Å². The van der Waals surface area contributed by atoms with Crippen molar-refractivity contribution in [3.63, 3.8) is 0 Å². The minimum absolute atomic E-state index is 0.0176. The van der Waals surface area contributed by atoms with Gasteiger partial charge in [0, 0.05) is 0 Å². The van der Waals surface area contributed by atoms with Gasteiger partial charge in [0.1, 0.15) is 0 Å². The summed E-state index contributed by atoms with van der Waals surface area (Å²) >= 11 is 6.01. The number of alkyl halides is 1. The SMILES string of the molecule is CC=CC=C(C)C(=O)C=Cc1cc(C2=CCC(Cl)C=C2)n[nH]1. The van der Waals surface area contributed by atoms with Crippen molar-refractivity contribution in [2.24, 2.45) is 0 Å². The number of ketones is 1. The van der Waals surface area contributed by atoms with Crippen molar-refractivity contribution in [1.82, 2.24) is 10.2 Å². The number of rotatable bonds is 5. The van der Waals surface area contributed by atoms with Gasteiger partial charge in [-0.1, -0.05) is 36.5 Å². The molecule has 1 N–H and O–H groups in total. The lowest BCUT2D eigenvalue weighted by Gasteiger charge is -2.07. The van der Waals surface area contributed by atoms with Gasteiger partial charge in [-0.2, -0.15) is 5.10 Å². The molecule has 0 saturated heterocycles. The summed E-state index contributed by atoms with van der Waals surface area (Å²) in [4.78, 5) is 11.9. The molecule has 22 heavy (non-hydrogen) atoms. The number of carbonyl (C=O) groups is 1. The van der Waals surface area contributed by atoms with E-state index in [-0.39, 0.29) is 11.2 Å². The van der Waals surface area contributed by atoms with Crippen LogP contribution >= 0.6 is 11.6 Å². The predicted molar refractivity (Wildman–Crippen MR) is 92.6 cm³/mol. The predicted octanol–water partition coefficient (Wildman–Crippen LogP) is 4.47. The normalized spacial score (nSPS) is 19.1. The second-order valence-electron chi connectivity index (χ2n) is 5.05. The molecule has 4 heteroatoms. The lowest BCUT2D eigenvalue weighted by molar-refractivity contribution is -0.111. The Balaban J connectivity index is 2.05. The quantitative estimate of drug-likeness (QED) is 0.495. The first kappa shape index (κ1) is 16.2. The fraction of sp³-hybridized carbons (Fsp3) is 0.222. The average molecular weight is 315 g/mol. The maximum absolute atomic E-state index is 11.9. The summed E-state index contributed by atoms with van der Waals surface area (Å²) in [5, 5.41) is 7.24. The van der Waals surface area contributed by atoms with Gasteiger partial charge in [0.05, 0.1) is 16.8 Å². The molecule has 1 aliphatic carbocycles. The van der Waals surface area contributed by atoms with Crippen LogP contribution in [0.15, 0.2) is 54.2 Å². The summed E-state index contributed by atoms with van der Waals surface area (Å²) in [6, 6.07) is 1.92. The van der Waals surface area contributed by atoms with Crippen LogP contribution in [0.1, 0.15) is 31.7 Å². The van der Waals surface area contributed by atoms with Crippen LogP contribution in [-0.2, 0) is 4.79 Å². The van der Waals surface area contributed by atoms with E-state index in [0.717, 1.165) is 23.4 Å². The molecule has 0 saturated carbocycles. The minimum atomic E-state index is -0.0176. The van der Waals surface area contributed by atoms with Crippen molar-refractivity contribution in [3.05, 3.63) is 65.6 Å². The molecule has 1 atom stereocenters. The van der Waals surface area contributed by atoms with Crippen molar-refractivity contribution >= 4 is 29.0 Å². The molecule has 0 radical (unpaired) electrons. The molecule has 1 aromatic heterocycles. The van der Waals surface area contributed by atoms with E-state index in [2.05, 4.69) is 16.3 Å². The molecule has 2 rings (SSSR count). The van der Waals surface area contributed by atoms with E-state index in [0.29, 0.717) is 5.57 Å². The molecule has 1 heterocycles. The van der Waals surface area contributed by atoms with Gasteiger partial charge in [-0.3, -0.25) is 9.89 Å². The van der Waals surface area contributed by atoms with E-state index >= 15 is 0 Å². The Morgan fingerprint density at radius 3 is 3.00 bits per heavy atom. The van der Waals surface area contributed by atoms with Gasteiger partial charge in [-0.15, -0.1) is 11.6 Å². The maximum Gasteiger partial charge on any atom is 0.181 e. The van der Waals surface area contributed by atoms with Crippen LogP contribution in [0.25, 0.3) is 11.6 Å². The zero-order valence-corrected chi connectivity index (χ0v) is 13.5. The Hall–Kier alpha value is -2.13. The number of nitrogens with zero attached hydrogens (tertiary/aromatic N) is 1. The summed E-state index contributed by atoms with van der Waals surface area (Å²) in [5.74, 6) is -0.0176. The molecular formula is C18H19ClN2O. The fourth-order valence-electron chi connectivity index (χ4n) is 1.97. The van der Waals surface area contributed by atoms with E-state index in [1.807, 2.05) is 37.3 Å². The van der Waals surface area contributed by atoms with Crippen LogP contribution < -0.4 is 0 Å². The standard InChI is InChI=1S/C18H19ClN2O/c1-3-4-5-13(2)18(22)11-10-16-12-17(21-20-16)14-6-8-15(19)9-7-14/h3-8,10-12,15H,9H2,1-2H3,(H,20,21). The minimum Gasteiger partial charge on any atom is -0.290 e. The molecule has 0 fully saturated rings. The van der Waals surface area contributed by atoms with Crippen molar-refractivity contribution in [2.75, 3.05) is 0 Å². The largest absolute Gasteiger partial charge is 0.290 e. The number of carbonyl (C=O) groups excluding carboxylic acids is 1. The molecule has 1 unspecified atom stereocenters. The molecule has 0 aromatic carbocycles. The summed E-state index contributed by atoms with van der Waals surface area (Å²) in [5.41, 5.74) is 3.39. The Morgan fingerprint density at radius 1 is 1.50 bits per heavy atom. The molecule has 114 valence electrons. The lowest BCUT2D eigenvalue weighted by Crippen LogP contribution is -1.96. The second-order valence-corrected chi connectivity index (χ2v) is 5.61. The first-order valence-electron chi connectivity index (χ1n) is 7.20. The van der Waals surface area contributed by atoms with Gasteiger partial charge in [0.15, 0.2) is 5.78 Å². The highest BCUT2D eigenvalue weighted by Gasteiger charge is 2.09. The third kappa shape index (κ3) is 4.43. The van der Waals surface area contributed by atoms with Gasteiger partial charge in [-0.05, 0) is 49.6 Å². The summed E-state index contributed by atoms with van der Waals surface area (Å²) < 4.78 is 0. The van der Waals surface area contributed by atoms with Crippen LogP contribution in [0.3, 0.4) is 0 Å². The number of hydrogen-bond acceptors (Lipinski definition) is 2. The zero-order valence-electron chi connectivity index (χ0n) is 12.7.